The number of nitrogens with zero attached hydrogens (tertiary/aromatic N) is 2. The summed E-state index contributed by atoms with van der Waals surface area (Å²) < 4.78 is 12.4. The van der Waals surface area contributed by atoms with Crippen molar-refractivity contribution in [1.29, 1.82) is 0 Å². The van der Waals surface area contributed by atoms with Crippen molar-refractivity contribution >= 4 is 45.9 Å². The minimum atomic E-state index is -0.124. The Bertz CT molecular complexity index is 991. The van der Waals surface area contributed by atoms with Crippen molar-refractivity contribution < 1.29 is 13.9 Å². The topological polar surface area (TPSA) is 77.2 Å². The summed E-state index contributed by atoms with van der Waals surface area (Å²) in [5.41, 5.74) is 4.07. The van der Waals surface area contributed by atoms with Crippen LogP contribution in [-0.4, -0.2) is 21.9 Å². The van der Waals surface area contributed by atoms with E-state index in [-0.39, 0.29) is 18.3 Å². The van der Waals surface area contributed by atoms with Crippen molar-refractivity contribution in [2.24, 2.45) is 0 Å². The van der Waals surface area contributed by atoms with E-state index in [9.17, 15) is 4.79 Å². The van der Waals surface area contributed by atoms with Crippen molar-refractivity contribution in [2.75, 3.05) is 11.1 Å². The fourth-order valence-electron chi connectivity index (χ4n) is 2.46. The zero-order valence-electron chi connectivity index (χ0n) is 15.8. The second-order valence-electron chi connectivity index (χ2n) is 6.24. The highest BCUT2D eigenvalue weighted by Gasteiger charge is 2.12. The van der Waals surface area contributed by atoms with E-state index in [1.807, 2.05) is 57.2 Å². The first-order chi connectivity index (χ1) is 13.4. The van der Waals surface area contributed by atoms with Gasteiger partial charge in [-0.2, -0.15) is 0 Å². The van der Waals surface area contributed by atoms with Gasteiger partial charge in [-0.1, -0.05) is 23.9 Å². The molecular weight excluding hydrogens is 489 g/mol. The molecule has 6 nitrogen and oxygen atoms in total. The Hall–Kier alpha value is -2.07. The molecule has 0 atom stereocenters. The second kappa shape index (κ2) is 9.42. The van der Waals surface area contributed by atoms with E-state index in [1.54, 1.807) is 0 Å². The molecule has 3 aromatic rings. The lowest BCUT2D eigenvalue weighted by Gasteiger charge is -2.08. The second-order valence-corrected chi connectivity index (χ2v) is 8.42. The third kappa shape index (κ3) is 5.48. The number of hydrogen-bond donors (Lipinski definition) is 1. The summed E-state index contributed by atoms with van der Waals surface area (Å²) in [5, 5.41) is 11.2. The molecule has 0 fully saturated rings. The Morgan fingerprint density at radius 3 is 2.79 bits per heavy atom. The van der Waals surface area contributed by atoms with Gasteiger partial charge in [-0.05, 0) is 84.3 Å². The highest BCUT2D eigenvalue weighted by molar-refractivity contribution is 14.1. The number of hydrogen-bond acceptors (Lipinski definition) is 6. The number of aromatic nitrogens is 2. The molecule has 28 heavy (non-hydrogen) atoms. The lowest BCUT2D eigenvalue weighted by Crippen LogP contribution is -2.14. The van der Waals surface area contributed by atoms with Crippen LogP contribution in [0.25, 0.3) is 0 Å². The molecular formula is C20H20IN3O3S. The van der Waals surface area contributed by atoms with Crippen molar-refractivity contribution in [1.82, 2.24) is 10.2 Å². The molecule has 0 saturated heterocycles. The Labute approximate surface area is 181 Å². The zero-order chi connectivity index (χ0) is 20.1. The maximum Gasteiger partial charge on any atom is 0.277 e. The predicted octanol–water partition coefficient (Wildman–Crippen LogP) is 4.91. The summed E-state index contributed by atoms with van der Waals surface area (Å²) in [7, 11) is 0. The van der Waals surface area contributed by atoms with Crippen LogP contribution in [0, 0.1) is 24.3 Å². The first kappa shape index (κ1) is 20.7. The van der Waals surface area contributed by atoms with Gasteiger partial charge in [0.15, 0.2) is 6.61 Å². The number of aryl methyl sites for hydroxylation is 2. The minimum absolute atomic E-state index is 0.124. The van der Waals surface area contributed by atoms with Crippen LogP contribution < -0.4 is 10.1 Å². The fraction of sp³-hybridized carbons (Fsp3) is 0.250. The van der Waals surface area contributed by atoms with E-state index in [4.69, 9.17) is 9.15 Å². The standard InChI is InChI=1S/C20H20IN3O3S/c1-12-5-4-6-17(14(12)3)26-10-19-23-24-20(27-19)28-11-18(25)22-16-8-7-15(21)9-13(16)2/h4-9H,10-11H2,1-3H3,(H,22,25). The molecule has 0 unspecified atom stereocenters. The molecule has 0 aliphatic rings. The Morgan fingerprint density at radius 1 is 1.18 bits per heavy atom. The monoisotopic (exact) mass is 509 g/mol. The quantitative estimate of drug-likeness (QED) is 0.361. The number of carbonyl (C=O) groups excluding carboxylic acids is 1. The van der Waals surface area contributed by atoms with E-state index >= 15 is 0 Å². The first-order valence-electron chi connectivity index (χ1n) is 8.62. The van der Waals surface area contributed by atoms with Crippen molar-refractivity contribution in [3.8, 4) is 5.75 Å². The molecule has 1 N–H and O–H groups in total. The van der Waals surface area contributed by atoms with Crippen LogP contribution in [0.5, 0.6) is 5.75 Å². The van der Waals surface area contributed by atoms with Gasteiger partial charge >= 0.3 is 0 Å². The molecule has 0 aliphatic heterocycles. The third-order valence-electron chi connectivity index (χ3n) is 4.14. The molecule has 0 saturated carbocycles. The van der Waals surface area contributed by atoms with Crippen LogP contribution in [0.3, 0.4) is 0 Å². The maximum absolute atomic E-state index is 12.2. The number of nitrogens with one attached hydrogen (secondary N) is 1. The highest BCUT2D eigenvalue weighted by atomic mass is 127. The largest absolute Gasteiger partial charge is 0.484 e. The highest BCUT2D eigenvalue weighted by Crippen LogP contribution is 2.23. The van der Waals surface area contributed by atoms with Gasteiger partial charge in [-0.25, -0.2) is 0 Å². The Balaban J connectivity index is 1.50. The predicted molar refractivity (Wildman–Crippen MR) is 118 cm³/mol. The van der Waals surface area contributed by atoms with E-state index in [1.165, 1.54) is 11.8 Å². The molecule has 1 heterocycles. The van der Waals surface area contributed by atoms with Gasteiger partial charge in [0, 0.05) is 9.26 Å². The molecule has 0 radical (unpaired) electrons. The summed E-state index contributed by atoms with van der Waals surface area (Å²) >= 11 is 3.44. The number of carbonyl (C=O) groups is 1. The van der Waals surface area contributed by atoms with Gasteiger partial charge in [0.05, 0.1) is 5.75 Å². The third-order valence-corrected chi connectivity index (χ3v) is 5.63. The lowest BCUT2D eigenvalue weighted by atomic mass is 10.1. The molecule has 0 bridgehead atoms. The molecule has 146 valence electrons. The van der Waals surface area contributed by atoms with E-state index < -0.39 is 0 Å². The average Bonchev–Trinajstić information content (AvgIpc) is 3.11. The van der Waals surface area contributed by atoms with Crippen LogP contribution >= 0.6 is 34.4 Å². The van der Waals surface area contributed by atoms with Crippen LogP contribution in [0.2, 0.25) is 0 Å². The molecule has 2 aromatic carbocycles. The van der Waals surface area contributed by atoms with Gasteiger partial charge in [-0.15, -0.1) is 10.2 Å². The number of anilines is 1. The molecule has 1 amide bonds. The van der Waals surface area contributed by atoms with Gasteiger partial charge in [0.2, 0.25) is 5.91 Å². The smallest absolute Gasteiger partial charge is 0.277 e. The summed E-state index contributed by atoms with van der Waals surface area (Å²) in [5.74, 6) is 1.22. The van der Waals surface area contributed by atoms with Crippen LogP contribution in [0.15, 0.2) is 46.0 Å². The number of amides is 1. The van der Waals surface area contributed by atoms with Crippen molar-refractivity contribution in [3.05, 3.63) is 62.5 Å². The van der Waals surface area contributed by atoms with Crippen LogP contribution in [0.4, 0.5) is 5.69 Å². The fourth-order valence-corrected chi connectivity index (χ4v) is 3.68. The molecule has 3 rings (SSSR count). The van der Waals surface area contributed by atoms with Gasteiger partial charge in [0.1, 0.15) is 5.75 Å². The molecule has 0 aliphatic carbocycles. The number of benzene rings is 2. The average molecular weight is 509 g/mol. The van der Waals surface area contributed by atoms with Crippen molar-refractivity contribution in [3.63, 3.8) is 0 Å². The van der Waals surface area contributed by atoms with E-state index in [0.717, 1.165) is 31.7 Å². The number of thioether (sulfide) groups is 1. The Morgan fingerprint density at radius 2 is 2.00 bits per heavy atom. The molecule has 1 aromatic heterocycles. The van der Waals surface area contributed by atoms with Crippen LogP contribution in [-0.2, 0) is 11.4 Å². The maximum atomic E-state index is 12.2. The Kier molecular flexibility index (Phi) is 6.95. The summed E-state index contributed by atoms with van der Waals surface area (Å²) in [6, 6.07) is 11.8. The number of halogens is 1. The molecule has 8 heteroatoms. The lowest BCUT2D eigenvalue weighted by molar-refractivity contribution is -0.113. The molecule has 0 spiro atoms. The van der Waals surface area contributed by atoms with Gasteiger partial charge in [0.25, 0.3) is 11.1 Å². The van der Waals surface area contributed by atoms with Crippen molar-refractivity contribution in [2.45, 2.75) is 32.6 Å². The van der Waals surface area contributed by atoms with Crippen LogP contribution in [0.1, 0.15) is 22.6 Å². The number of rotatable bonds is 7. The summed E-state index contributed by atoms with van der Waals surface area (Å²) in [4.78, 5) is 12.2. The summed E-state index contributed by atoms with van der Waals surface area (Å²) in [6.07, 6.45) is 0. The van der Waals surface area contributed by atoms with Gasteiger partial charge < -0.3 is 14.5 Å². The van der Waals surface area contributed by atoms with Gasteiger partial charge in [-0.3, -0.25) is 4.79 Å². The van der Waals surface area contributed by atoms with E-state index in [2.05, 4.69) is 38.1 Å². The zero-order valence-corrected chi connectivity index (χ0v) is 18.8. The number of ether oxygens (including phenoxy) is 1. The van der Waals surface area contributed by atoms with E-state index in [0.29, 0.717) is 11.1 Å². The normalized spacial score (nSPS) is 10.7. The minimum Gasteiger partial charge on any atom is -0.484 e. The first-order valence-corrected chi connectivity index (χ1v) is 10.7. The SMILES string of the molecule is Cc1cc(I)ccc1NC(=O)CSc1nnc(COc2cccc(C)c2C)o1. The summed E-state index contributed by atoms with van der Waals surface area (Å²) in [6.45, 7) is 6.19.